The summed E-state index contributed by atoms with van der Waals surface area (Å²) in [5, 5.41) is 0. The fraction of sp³-hybridized carbons (Fsp3) is 0.818. The van der Waals surface area contributed by atoms with E-state index in [9.17, 15) is 8.78 Å². The average molecular weight is 254 g/mol. The third-order valence-electron chi connectivity index (χ3n) is 2.79. The van der Waals surface area contributed by atoms with Gasteiger partial charge in [0.1, 0.15) is 12.4 Å². The third kappa shape index (κ3) is 3.35. The van der Waals surface area contributed by atoms with E-state index in [0.717, 1.165) is 6.08 Å². The number of hydrogen-bond donors (Lipinski definition) is 0. The maximum Gasteiger partial charge on any atom is 0.303 e. The van der Waals surface area contributed by atoms with Crippen molar-refractivity contribution in [1.82, 2.24) is 0 Å². The van der Waals surface area contributed by atoms with Crippen LogP contribution in [-0.4, -0.2) is 36.4 Å². The highest BCUT2D eigenvalue weighted by molar-refractivity contribution is 8.29. The summed E-state index contributed by atoms with van der Waals surface area (Å²) in [6.07, 6.45) is 4.91. The van der Waals surface area contributed by atoms with Crippen molar-refractivity contribution < 1.29 is 17.7 Å². The monoisotopic (exact) mass is 254 g/mol. The molecule has 0 aromatic rings. The van der Waals surface area contributed by atoms with E-state index in [4.69, 9.17) is 8.92 Å². The molecule has 0 saturated carbocycles. The number of halogens is 2. The first-order valence-corrected chi connectivity index (χ1v) is 7.51. The zero-order valence-corrected chi connectivity index (χ0v) is 11.3. The average Bonchev–Trinajstić information content (AvgIpc) is 2.40. The molecule has 0 saturated heterocycles. The zero-order chi connectivity index (χ0) is 12.6. The Morgan fingerprint density at radius 3 is 2.38 bits per heavy atom. The Labute approximate surface area is 97.5 Å². The van der Waals surface area contributed by atoms with Crippen LogP contribution in [-0.2, 0) is 8.92 Å². The highest BCUT2D eigenvalue weighted by Crippen LogP contribution is 2.54. The van der Waals surface area contributed by atoms with E-state index in [1.807, 2.05) is 12.5 Å². The molecular weight excluding hydrogens is 234 g/mol. The van der Waals surface area contributed by atoms with Gasteiger partial charge in [0.05, 0.1) is 0 Å². The molecule has 0 atom stereocenters. The van der Waals surface area contributed by atoms with Crippen LogP contribution in [0, 0.1) is 0 Å². The molecule has 0 fully saturated rings. The van der Waals surface area contributed by atoms with Gasteiger partial charge >= 0.3 is 5.92 Å². The molecule has 0 spiro atoms. The van der Waals surface area contributed by atoms with Crippen molar-refractivity contribution in [3.63, 3.8) is 0 Å². The SMILES string of the molecule is CC(C)(C)S(C)(C)OCC1=CC(F)(F)CO1. The molecule has 1 aliphatic rings. The maximum absolute atomic E-state index is 12.8. The van der Waals surface area contributed by atoms with Gasteiger partial charge < -0.3 is 8.92 Å². The standard InChI is InChI=1S/C11H20F2O2S/c1-10(2,3)16(4,5)15-7-9-6-11(12,13)8-14-9/h6H,7-8H2,1-5H3. The van der Waals surface area contributed by atoms with Gasteiger partial charge in [0, 0.05) is 10.8 Å². The predicted octanol–water partition coefficient (Wildman–Crippen LogP) is 3.33. The molecule has 0 unspecified atom stereocenters. The predicted molar refractivity (Wildman–Crippen MR) is 64.1 cm³/mol. The molecule has 0 bridgehead atoms. The summed E-state index contributed by atoms with van der Waals surface area (Å²) >= 11 is 0. The van der Waals surface area contributed by atoms with Gasteiger partial charge in [0.2, 0.25) is 0 Å². The van der Waals surface area contributed by atoms with Crippen LogP contribution in [0.15, 0.2) is 11.8 Å². The lowest BCUT2D eigenvalue weighted by molar-refractivity contribution is 0.00865. The number of hydrogen-bond acceptors (Lipinski definition) is 2. The quantitative estimate of drug-likeness (QED) is 0.769. The van der Waals surface area contributed by atoms with E-state index in [0.29, 0.717) is 0 Å². The summed E-state index contributed by atoms with van der Waals surface area (Å²) in [5.41, 5.74) is 0. The first-order chi connectivity index (χ1) is 7.04. The summed E-state index contributed by atoms with van der Waals surface area (Å²) < 4.78 is 36.2. The number of ether oxygens (including phenoxy) is 1. The van der Waals surface area contributed by atoms with Crippen molar-refractivity contribution in [2.75, 3.05) is 25.7 Å². The Hall–Kier alpha value is -0.290. The maximum atomic E-state index is 12.8. The van der Waals surface area contributed by atoms with Crippen molar-refractivity contribution >= 4 is 10.3 Å². The Kier molecular flexibility index (Phi) is 3.60. The van der Waals surface area contributed by atoms with Crippen LogP contribution in [0.1, 0.15) is 20.8 Å². The van der Waals surface area contributed by atoms with Gasteiger partial charge in [-0.1, -0.05) is 20.8 Å². The van der Waals surface area contributed by atoms with Gasteiger partial charge in [0.25, 0.3) is 0 Å². The van der Waals surface area contributed by atoms with Gasteiger partial charge in [-0.2, -0.15) is 8.78 Å². The second-order valence-electron chi connectivity index (χ2n) is 5.27. The molecule has 96 valence electrons. The molecule has 0 amide bonds. The van der Waals surface area contributed by atoms with Crippen LogP contribution in [0.5, 0.6) is 0 Å². The molecule has 5 heteroatoms. The minimum Gasteiger partial charge on any atom is -0.489 e. The first kappa shape index (κ1) is 13.8. The van der Waals surface area contributed by atoms with Crippen molar-refractivity contribution in [2.24, 2.45) is 0 Å². The number of rotatable bonds is 3. The van der Waals surface area contributed by atoms with Gasteiger partial charge in [0.15, 0.2) is 6.61 Å². The molecule has 0 aliphatic carbocycles. The minimum absolute atomic E-state index is 0.0225. The lowest BCUT2D eigenvalue weighted by atomic mass is 10.3. The highest BCUT2D eigenvalue weighted by atomic mass is 32.3. The second kappa shape index (κ2) is 4.18. The molecule has 1 heterocycles. The molecule has 1 rings (SSSR count). The molecular formula is C11H20F2O2S. The summed E-state index contributed by atoms with van der Waals surface area (Å²) in [6.45, 7) is 5.83. The van der Waals surface area contributed by atoms with E-state index in [2.05, 4.69) is 20.8 Å². The molecule has 0 radical (unpaired) electrons. The largest absolute Gasteiger partial charge is 0.489 e. The van der Waals surface area contributed by atoms with Crippen LogP contribution >= 0.6 is 10.3 Å². The minimum atomic E-state index is -2.83. The summed E-state index contributed by atoms with van der Waals surface area (Å²) in [7, 11) is -1.29. The molecule has 2 nitrogen and oxygen atoms in total. The lowest BCUT2D eigenvalue weighted by Crippen LogP contribution is -2.25. The Morgan fingerprint density at radius 2 is 2.00 bits per heavy atom. The van der Waals surface area contributed by atoms with Gasteiger partial charge in [-0.25, -0.2) is 0 Å². The Balaban J connectivity index is 2.54. The highest BCUT2D eigenvalue weighted by Gasteiger charge is 2.35. The van der Waals surface area contributed by atoms with Crippen molar-refractivity contribution in [3.05, 3.63) is 11.8 Å². The van der Waals surface area contributed by atoms with Crippen molar-refractivity contribution in [2.45, 2.75) is 31.4 Å². The first-order valence-electron chi connectivity index (χ1n) is 5.13. The van der Waals surface area contributed by atoms with Crippen LogP contribution in [0.25, 0.3) is 0 Å². The lowest BCUT2D eigenvalue weighted by Gasteiger charge is -2.43. The molecule has 0 aromatic carbocycles. The van der Waals surface area contributed by atoms with E-state index in [-0.39, 0.29) is 17.1 Å². The fourth-order valence-electron chi connectivity index (χ4n) is 0.973. The van der Waals surface area contributed by atoms with Crippen LogP contribution in [0.4, 0.5) is 8.78 Å². The Bertz CT molecular complexity index is 293. The van der Waals surface area contributed by atoms with Gasteiger partial charge in [-0.3, -0.25) is 0 Å². The van der Waals surface area contributed by atoms with Gasteiger partial charge in [-0.05, 0) is 12.5 Å². The zero-order valence-electron chi connectivity index (χ0n) is 10.5. The van der Waals surface area contributed by atoms with E-state index in [1.54, 1.807) is 0 Å². The third-order valence-corrected chi connectivity index (χ3v) is 6.45. The van der Waals surface area contributed by atoms with E-state index < -0.39 is 22.8 Å². The van der Waals surface area contributed by atoms with Crippen molar-refractivity contribution in [3.8, 4) is 0 Å². The molecule has 1 aliphatic heterocycles. The number of alkyl halides is 2. The summed E-state index contributed by atoms with van der Waals surface area (Å²) in [5.74, 6) is -2.59. The molecule has 0 aromatic heterocycles. The summed E-state index contributed by atoms with van der Waals surface area (Å²) in [4.78, 5) is 0. The van der Waals surface area contributed by atoms with E-state index in [1.165, 1.54) is 0 Å². The summed E-state index contributed by atoms with van der Waals surface area (Å²) in [6, 6.07) is 0. The molecule has 16 heavy (non-hydrogen) atoms. The van der Waals surface area contributed by atoms with Crippen LogP contribution in [0.3, 0.4) is 0 Å². The van der Waals surface area contributed by atoms with Crippen molar-refractivity contribution in [1.29, 1.82) is 0 Å². The van der Waals surface area contributed by atoms with Gasteiger partial charge in [-0.15, -0.1) is 10.3 Å². The smallest absolute Gasteiger partial charge is 0.303 e. The van der Waals surface area contributed by atoms with Crippen LogP contribution in [0.2, 0.25) is 0 Å². The second-order valence-corrected chi connectivity index (χ2v) is 9.19. The fourth-order valence-corrected chi connectivity index (χ4v) is 1.74. The topological polar surface area (TPSA) is 18.5 Å². The van der Waals surface area contributed by atoms with E-state index >= 15 is 0 Å². The normalized spacial score (nSPS) is 21.6. The Morgan fingerprint density at radius 1 is 1.44 bits per heavy atom. The van der Waals surface area contributed by atoms with Crippen LogP contribution < -0.4 is 0 Å². The molecule has 0 N–H and O–H groups in total.